The Morgan fingerprint density at radius 3 is 2.45 bits per heavy atom. The molecule has 0 spiro atoms. The predicted octanol–water partition coefficient (Wildman–Crippen LogP) is 6.28. The zero-order valence-electron chi connectivity index (χ0n) is 14.4. The van der Waals surface area contributed by atoms with Crippen LogP contribution in [-0.2, 0) is 4.79 Å². The molecule has 0 bridgehead atoms. The van der Waals surface area contributed by atoms with E-state index >= 15 is 0 Å². The Hall–Kier alpha value is -1.34. The molecule has 1 aliphatic rings. The molecule has 120 valence electrons. The third-order valence-electron chi connectivity index (χ3n) is 4.11. The standard InChI is InChI=1S/C20H27ClO/c1-15(8-6-9-16(2)14-19(21)22)11-12-18-17(3)10-7-13-20(18,4)5/h6,8-9,11-12,14H,7,10,13H2,1-5H3/b9-6+,12-11+,15-8+,16-14+. The van der Waals surface area contributed by atoms with E-state index in [-0.39, 0.29) is 5.41 Å². The van der Waals surface area contributed by atoms with Crippen molar-refractivity contribution in [3.8, 4) is 0 Å². The average molecular weight is 319 g/mol. The fraction of sp³-hybridized carbons (Fsp3) is 0.450. The summed E-state index contributed by atoms with van der Waals surface area (Å²) in [5.74, 6) is 0. The second-order valence-corrected chi connectivity index (χ2v) is 7.10. The summed E-state index contributed by atoms with van der Waals surface area (Å²) in [7, 11) is 0. The maximum Gasteiger partial charge on any atom is 0.245 e. The SMILES string of the molecule is CC1=C(/C=C/C(C)=C/C=C/C(C)=C/C(=O)Cl)C(C)(C)CCC1. The van der Waals surface area contributed by atoms with Crippen LogP contribution in [0.3, 0.4) is 0 Å². The lowest BCUT2D eigenvalue weighted by Crippen LogP contribution is -2.19. The molecule has 2 heteroatoms. The number of carbonyl (C=O) groups excluding carboxylic acids is 1. The molecule has 0 radical (unpaired) electrons. The van der Waals surface area contributed by atoms with Gasteiger partial charge in [-0.1, -0.05) is 55.4 Å². The molecule has 22 heavy (non-hydrogen) atoms. The largest absolute Gasteiger partial charge is 0.276 e. The fourth-order valence-electron chi connectivity index (χ4n) is 2.86. The molecule has 1 nitrogen and oxygen atoms in total. The van der Waals surface area contributed by atoms with Crippen molar-refractivity contribution in [1.29, 1.82) is 0 Å². The summed E-state index contributed by atoms with van der Waals surface area (Å²) < 4.78 is 0. The van der Waals surface area contributed by atoms with Crippen molar-refractivity contribution in [2.24, 2.45) is 5.41 Å². The lowest BCUT2D eigenvalue weighted by atomic mass is 9.72. The van der Waals surface area contributed by atoms with Crippen LogP contribution in [0.15, 0.2) is 58.7 Å². The van der Waals surface area contributed by atoms with Gasteiger partial charge in [0.05, 0.1) is 0 Å². The number of rotatable bonds is 5. The van der Waals surface area contributed by atoms with Gasteiger partial charge in [0.25, 0.3) is 0 Å². The molecular weight excluding hydrogens is 292 g/mol. The molecule has 0 aromatic carbocycles. The van der Waals surface area contributed by atoms with E-state index in [1.54, 1.807) is 0 Å². The van der Waals surface area contributed by atoms with Gasteiger partial charge in [-0.3, -0.25) is 4.79 Å². The first-order chi connectivity index (χ1) is 10.2. The molecule has 0 saturated carbocycles. The molecule has 0 amide bonds. The van der Waals surface area contributed by atoms with E-state index in [2.05, 4.69) is 39.8 Å². The normalized spacial score (nSPS) is 20.3. The Morgan fingerprint density at radius 1 is 1.18 bits per heavy atom. The van der Waals surface area contributed by atoms with Gasteiger partial charge in [0.1, 0.15) is 0 Å². The zero-order valence-corrected chi connectivity index (χ0v) is 15.1. The summed E-state index contributed by atoms with van der Waals surface area (Å²) >= 11 is 5.31. The molecule has 0 unspecified atom stereocenters. The first-order valence-electron chi connectivity index (χ1n) is 7.83. The van der Waals surface area contributed by atoms with Gasteiger partial charge in [0.2, 0.25) is 5.24 Å². The van der Waals surface area contributed by atoms with Gasteiger partial charge in [-0.2, -0.15) is 0 Å². The predicted molar refractivity (Wildman–Crippen MR) is 97.0 cm³/mol. The maximum absolute atomic E-state index is 10.7. The maximum atomic E-state index is 10.7. The van der Waals surface area contributed by atoms with Crippen LogP contribution in [0.1, 0.15) is 53.9 Å². The van der Waals surface area contributed by atoms with E-state index in [1.165, 1.54) is 42.1 Å². The number of carbonyl (C=O) groups is 1. The average Bonchev–Trinajstić information content (AvgIpc) is 2.36. The Balaban J connectivity index is 2.79. The van der Waals surface area contributed by atoms with Crippen LogP contribution < -0.4 is 0 Å². The molecule has 0 aromatic heterocycles. The van der Waals surface area contributed by atoms with Gasteiger partial charge < -0.3 is 0 Å². The van der Waals surface area contributed by atoms with Crippen LogP contribution >= 0.6 is 11.6 Å². The summed E-state index contributed by atoms with van der Waals surface area (Å²) in [6, 6.07) is 0. The first kappa shape index (κ1) is 18.7. The second kappa shape index (κ2) is 8.33. The van der Waals surface area contributed by atoms with E-state index in [9.17, 15) is 4.79 Å². The number of hydrogen-bond acceptors (Lipinski definition) is 1. The number of hydrogen-bond donors (Lipinski definition) is 0. The van der Waals surface area contributed by atoms with Crippen LogP contribution in [0.25, 0.3) is 0 Å². The van der Waals surface area contributed by atoms with Crippen molar-refractivity contribution in [2.75, 3.05) is 0 Å². The summed E-state index contributed by atoms with van der Waals surface area (Å²) in [4.78, 5) is 10.7. The summed E-state index contributed by atoms with van der Waals surface area (Å²) in [5.41, 5.74) is 5.28. The van der Waals surface area contributed by atoms with Crippen molar-refractivity contribution >= 4 is 16.8 Å². The molecule has 0 atom stereocenters. The second-order valence-electron chi connectivity index (χ2n) is 6.73. The summed E-state index contributed by atoms with van der Waals surface area (Å²) in [6.45, 7) is 10.8. The van der Waals surface area contributed by atoms with Gasteiger partial charge in [-0.25, -0.2) is 0 Å². The van der Waals surface area contributed by atoms with E-state index in [1.807, 2.05) is 25.2 Å². The highest BCUT2D eigenvalue weighted by atomic mass is 35.5. The smallest absolute Gasteiger partial charge is 0.245 e. The van der Waals surface area contributed by atoms with E-state index < -0.39 is 5.24 Å². The molecule has 0 saturated heterocycles. The van der Waals surface area contributed by atoms with Gasteiger partial charge in [0.15, 0.2) is 0 Å². The van der Waals surface area contributed by atoms with Crippen molar-refractivity contribution in [3.63, 3.8) is 0 Å². The number of allylic oxidation sites excluding steroid dienone is 10. The number of halogens is 1. The fourth-order valence-corrected chi connectivity index (χ4v) is 3.03. The van der Waals surface area contributed by atoms with Crippen LogP contribution in [0, 0.1) is 5.41 Å². The van der Waals surface area contributed by atoms with Gasteiger partial charge in [-0.15, -0.1) is 0 Å². The minimum absolute atomic E-state index is 0.273. The van der Waals surface area contributed by atoms with E-state index in [0.717, 1.165) is 5.57 Å². The monoisotopic (exact) mass is 318 g/mol. The van der Waals surface area contributed by atoms with Crippen molar-refractivity contribution in [2.45, 2.75) is 53.9 Å². The Bertz CT molecular complexity index is 569. The Morgan fingerprint density at radius 2 is 1.86 bits per heavy atom. The lowest BCUT2D eigenvalue weighted by Gasteiger charge is -2.32. The summed E-state index contributed by atoms with van der Waals surface area (Å²) in [5, 5.41) is -0.440. The highest BCUT2D eigenvalue weighted by Crippen LogP contribution is 2.40. The highest BCUT2D eigenvalue weighted by Gasteiger charge is 2.26. The minimum Gasteiger partial charge on any atom is -0.276 e. The van der Waals surface area contributed by atoms with E-state index in [4.69, 9.17) is 11.6 Å². The summed E-state index contributed by atoms with van der Waals surface area (Å²) in [6.07, 6.45) is 15.5. The van der Waals surface area contributed by atoms with Crippen LogP contribution in [-0.4, -0.2) is 5.24 Å². The lowest BCUT2D eigenvalue weighted by molar-refractivity contribution is -0.107. The highest BCUT2D eigenvalue weighted by molar-refractivity contribution is 6.66. The third kappa shape index (κ3) is 6.19. The molecule has 1 aliphatic carbocycles. The molecule has 0 N–H and O–H groups in total. The van der Waals surface area contributed by atoms with Gasteiger partial charge in [-0.05, 0) is 68.2 Å². The molecule has 0 aromatic rings. The minimum atomic E-state index is -0.440. The van der Waals surface area contributed by atoms with Crippen LogP contribution in [0.2, 0.25) is 0 Å². The third-order valence-corrected chi connectivity index (χ3v) is 4.22. The topological polar surface area (TPSA) is 17.1 Å². The van der Waals surface area contributed by atoms with E-state index in [0.29, 0.717) is 0 Å². The quantitative estimate of drug-likeness (QED) is 0.331. The Labute approximate surface area is 140 Å². The molecule has 0 heterocycles. The van der Waals surface area contributed by atoms with Crippen molar-refractivity contribution in [1.82, 2.24) is 0 Å². The van der Waals surface area contributed by atoms with Crippen LogP contribution in [0.5, 0.6) is 0 Å². The van der Waals surface area contributed by atoms with Crippen molar-refractivity contribution in [3.05, 3.63) is 58.7 Å². The van der Waals surface area contributed by atoms with Gasteiger partial charge in [0, 0.05) is 6.08 Å². The van der Waals surface area contributed by atoms with Crippen molar-refractivity contribution < 1.29 is 4.79 Å². The molecule has 0 aliphatic heterocycles. The molecular formula is C20H27ClO. The van der Waals surface area contributed by atoms with Gasteiger partial charge >= 0.3 is 0 Å². The zero-order chi connectivity index (χ0) is 16.8. The molecule has 0 fully saturated rings. The first-order valence-corrected chi connectivity index (χ1v) is 8.21. The Kier molecular flexibility index (Phi) is 7.09. The molecule has 1 rings (SSSR count). The van der Waals surface area contributed by atoms with Crippen LogP contribution in [0.4, 0.5) is 0 Å².